The largest absolute Gasteiger partial charge is 0.354 e. The Kier molecular flexibility index (Phi) is 8.41. The molecule has 0 spiro atoms. The van der Waals surface area contributed by atoms with Crippen molar-refractivity contribution < 1.29 is 0 Å². The molecule has 0 bridgehead atoms. The molecule has 1 N–H and O–H groups in total. The summed E-state index contributed by atoms with van der Waals surface area (Å²) in [5.74, 6) is 3.92. The average molecular weight is 512 g/mol. The van der Waals surface area contributed by atoms with Crippen molar-refractivity contribution in [1.29, 1.82) is 0 Å². The number of nitrogens with one attached hydrogen (secondary N) is 1. The first-order valence-electron chi connectivity index (χ1n) is 11.1. The number of fused-ring (bicyclic) bond motifs is 1. The fourth-order valence-electron chi connectivity index (χ4n) is 5.13. The molecule has 1 aromatic heterocycles. The van der Waals surface area contributed by atoms with Crippen LogP contribution in [-0.2, 0) is 6.54 Å². The summed E-state index contributed by atoms with van der Waals surface area (Å²) in [4.78, 5) is 16.6. The van der Waals surface area contributed by atoms with Crippen molar-refractivity contribution in [3.63, 3.8) is 0 Å². The monoisotopic (exact) mass is 512 g/mol. The molecular formula is C22H37IN6. The standard InChI is InChI=1S/C22H36N6.HI/c1-3-26-10-12-27(13-11-26)21-14-18(8-9-24-21)15-25-22(23-2)28-16-19-6-4-5-7-20(19)17-28;/h8-9,14,19-20H,3-7,10-13,15-17H2,1-2H3,(H,23,25);1H. The third-order valence-electron chi connectivity index (χ3n) is 6.89. The highest BCUT2D eigenvalue weighted by Crippen LogP contribution is 2.35. The van der Waals surface area contributed by atoms with Gasteiger partial charge in [0, 0.05) is 59.1 Å². The number of likely N-dealkylation sites (N-methyl/N-ethyl adjacent to an activating group) is 1. The first-order valence-corrected chi connectivity index (χ1v) is 11.1. The third kappa shape index (κ3) is 5.54. The van der Waals surface area contributed by atoms with Crippen LogP contribution in [0.5, 0.6) is 0 Å². The van der Waals surface area contributed by atoms with Gasteiger partial charge in [0.25, 0.3) is 0 Å². The number of piperazine rings is 1. The number of pyridine rings is 1. The van der Waals surface area contributed by atoms with Crippen LogP contribution in [0.25, 0.3) is 0 Å². The molecule has 4 rings (SSSR count). The first kappa shape index (κ1) is 22.6. The van der Waals surface area contributed by atoms with Crippen molar-refractivity contribution in [2.45, 2.75) is 39.2 Å². The van der Waals surface area contributed by atoms with Crippen molar-refractivity contribution >= 4 is 35.8 Å². The van der Waals surface area contributed by atoms with E-state index in [1.165, 1.54) is 44.3 Å². The molecule has 0 aromatic carbocycles. The Hall–Kier alpha value is -1.09. The van der Waals surface area contributed by atoms with Crippen LogP contribution in [0, 0.1) is 11.8 Å². The van der Waals surface area contributed by atoms with E-state index < -0.39 is 0 Å². The second kappa shape index (κ2) is 10.8. The van der Waals surface area contributed by atoms with Crippen LogP contribution in [0.3, 0.4) is 0 Å². The normalized spacial score (nSPS) is 25.5. The summed E-state index contributed by atoms with van der Waals surface area (Å²) < 4.78 is 0. The van der Waals surface area contributed by atoms with E-state index in [9.17, 15) is 0 Å². The number of rotatable bonds is 4. The van der Waals surface area contributed by atoms with Gasteiger partial charge in [-0.1, -0.05) is 19.8 Å². The third-order valence-corrected chi connectivity index (χ3v) is 6.89. The number of nitrogens with zero attached hydrogens (tertiary/aromatic N) is 5. The fourth-order valence-corrected chi connectivity index (χ4v) is 5.13. The molecule has 2 saturated heterocycles. The second-order valence-electron chi connectivity index (χ2n) is 8.55. The van der Waals surface area contributed by atoms with E-state index in [1.807, 2.05) is 13.2 Å². The van der Waals surface area contributed by atoms with Gasteiger partial charge in [0.15, 0.2) is 5.96 Å². The second-order valence-corrected chi connectivity index (χ2v) is 8.55. The number of hydrogen-bond acceptors (Lipinski definition) is 4. The lowest BCUT2D eigenvalue weighted by Crippen LogP contribution is -2.46. The van der Waals surface area contributed by atoms with E-state index in [2.05, 4.69) is 49.0 Å². The van der Waals surface area contributed by atoms with E-state index in [0.29, 0.717) is 0 Å². The minimum absolute atomic E-state index is 0. The zero-order valence-corrected chi connectivity index (χ0v) is 20.3. The van der Waals surface area contributed by atoms with Crippen LogP contribution in [-0.4, -0.2) is 73.6 Å². The Labute approximate surface area is 193 Å². The van der Waals surface area contributed by atoms with Gasteiger partial charge < -0.3 is 20.0 Å². The number of hydrogen-bond donors (Lipinski definition) is 1. The molecule has 1 aromatic rings. The maximum absolute atomic E-state index is 4.63. The molecule has 7 heteroatoms. The molecule has 0 radical (unpaired) electrons. The van der Waals surface area contributed by atoms with Gasteiger partial charge in [-0.15, -0.1) is 24.0 Å². The smallest absolute Gasteiger partial charge is 0.193 e. The van der Waals surface area contributed by atoms with Crippen molar-refractivity contribution in [2.75, 3.05) is 57.8 Å². The lowest BCUT2D eigenvalue weighted by atomic mass is 9.82. The highest BCUT2D eigenvalue weighted by atomic mass is 127. The summed E-state index contributed by atoms with van der Waals surface area (Å²) in [5, 5.41) is 3.61. The number of anilines is 1. The number of guanidine groups is 1. The molecular weight excluding hydrogens is 475 g/mol. The molecule has 3 heterocycles. The Morgan fingerprint density at radius 1 is 1.14 bits per heavy atom. The van der Waals surface area contributed by atoms with Crippen molar-refractivity contribution in [3.8, 4) is 0 Å². The van der Waals surface area contributed by atoms with Crippen molar-refractivity contribution in [3.05, 3.63) is 23.9 Å². The molecule has 1 aliphatic carbocycles. The molecule has 6 nitrogen and oxygen atoms in total. The molecule has 3 fully saturated rings. The molecule has 1 saturated carbocycles. The van der Waals surface area contributed by atoms with E-state index in [-0.39, 0.29) is 24.0 Å². The van der Waals surface area contributed by atoms with Crippen LogP contribution in [0.2, 0.25) is 0 Å². The minimum Gasteiger partial charge on any atom is -0.354 e. The number of halogens is 1. The topological polar surface area (TPSA) is 47.0 Å². The molecule has 2 atom stereocenters. The minimum atomic E-state index is 0. The quantitative estimate of drug-likeness (QED) is 0.382. The predicted octanol–water partition coefficient (Wildman–Crippen LogP) is 3.04. The van der Waals surface area contributed by atoms with Crippen molar-refractivity contribution in [2.24, 2.45) is 16.8 Å². The van der Waals surface area contributed by atoms with Crippen LogP contribution >= 0.6 is 24.0 Å². The maximum atomic E-state index is 4.63. The molecule has 2 aliphatic heterocycles. The van der Waals surface area contributed by atoms with Gasteiger partial charge in [0.05, 0.1) is 0 Å². The fraction of sp³-hybridized carbons (Fsp3) is 0.727. The molecule has 2 unspecified atom stereocenters. The van der Waals surface area contributed by atoms with E-state index >= 15 is 0 Å². The van der Waals surface area contributed by atoms with Crippen LogP contribution in [0.15, 0.2) is 23.3 Å². The Morgan fingerprint density at radius 2 is 1.83 bits per heavy atom. The van der Waals surface area contributed by atoms with Crippen LogP contribution in [0.4, 0.5) is 5.82 Å². The number of aromatic nitrogens is 1. The zero-order valence-electron chi connectivity index (χ0n) is 18.0. The summed E-state index contributed by atoms with van der Waals surface area (Å²) in [6.45, 7) is 10.9. The van der Waals surface area contributed by atoms with Gasteiger partial charge in [0.1, 0.15) is 5.82 Å². The number of likely N-dealkylation sites (tertiary alicyclic amines) is 1. The van der Waals surface area contributed by atoms with Gasteiger partial charge in [0.2, 0.25) is 0 Å². The Morgan fingerprint density at radius 3 is 2.45 bits per heavy atom. The van der Waals surface area contributed by atoms with Gasteiger partial charge in [-0.25, -0.2) is 4.98 Å². The van der Waals surface area contributed by atoms with Crippen molar-refractivity contribution in [1.82, 2.24) is 20.1 Å². The molecule has 3 aliphatic rings. The summed E-state index contributed by atoms with van der Waals surface area (Å²) in [7, 11) is 1.91. The molecule has 29 heavy (non-hydrogen) atoms. The summed E-state index contributed by atoms with van der Waals surface area (Å²) in [6, 6.07) is 4.36. The average Bonchev–Trinajstić information content (AvgIpc) is 3.18. The Bertz CT molecular complexity index is 659. The highest BCUT2D eigenvalue weighted by Gasteiger charge is 2.35. The first-order chi connectivity index (χ1) is 13.8. The lowest BCUT2D eigenvalue weighted by molar-refractivity contribution is 0.270. The zero-order chi connectivity index (χ0) is 19.3. The van der Waals surface area contributed by atoms with E-state index in [4.69, 9.17) is 0 Å². The summed E-state index contributed by atoms with van der Waals surface area (Å²) in [5.41, 5.74) is 1.28. The van der Waals surface area contributed by atoms with Gasteiger partial charge in [-0.05, 0) is 48.9 Å². The van der Waals surface area contributed by atoms with Crippen LogP contribution in [0.1, 0.15) is 38.2 Å². The van der Waals surface area contributed by atoms with Gasteiger partial charge in [-0.3, -0.25) is 4.99 Å². The summed E-state index contributed by atoms with van der Waals surface area (Å²) in [6.07, 6.45) is 7.57. The lowest BCUT2D eigenvalue weighted by Gasteiger charge is -2.34. The molecule has 0 amide bonds. The SMILES string of the molecule is CCN1CCN(c2cc(CNC(=NC)N3CC4CCCCC4C3)ccn2)CC1.I. The highest BCUT2D eigenvalue weighted by molar-refractivity contribution is 14.0. The van der Waals surface area contributed by atoms with Gasteiger partial charge >= 0.3 is 0 Å². The van der Waals surface area contributed by atoms with Crippen LogP contribution < -0.4 is 10.2 Å². The van der Waals surface area contributed by atoms with E-state index in [0.717, 1.165) is 62.9 Å². The number of aliphatic imine (C=N–C) groups is 1. The molecule has 162 valence electrons. The van der Waals surface area contributed by atoms with Gasteiger partial charge in [-0.2, -0.15) is 0 Å². The Balaban J connectivity index is 0.00000240. The van der Waals surface area contributed by atoms with E-state index in [1.54, 1.807) is 0 Å². The maximum Gasteiger partial charge on any atom is 0.193 e. The predicted molar refractivity (Wildman–Crippen MR) is 131 cm³/mol. The summed E-state index contributed by atoms with van der Waals surface area (Å²) >= 11 is 0.